The Hall–Kier alpha value is -2.30. The van der Waals surface area contributed by atoms with Gasteiger partial charge < -0.3 is 10.2 Å². The summed E-state index contributed by atoms with van der Waals surface area (Å²) in [6, 6.07) is 9.84. The number of hydrogen-bond acceptors (Lipinski definition) is 3. The van der Waals surface area contributed by atoms with Crippen molar-refractivity contribution in [1.29, 1.82) is 0 Å². The first kappa shape index (κ1) is 11.8. The molecule has 0 spiro atoms. The van der Waals surface area contributed by atoms with Crippen LogP contribution in [0.5, 0.6) is 0 Å². The summed E-state index contributed by atoms with van der Waals surface area (Å²) in [4.78, 5) is 13.7. The van der Waals surface area contributed by atoms with Crippen molar-refractivity contribution in [3.05, 3.63) is 42.2 Å². The molecule has 19 heavy (non-hydrogen) atoms. The van der Waals surface area contributed by atoms with Crippen LogP contribution in [-0.2, 0) is 11.3 Å². The normalized spacial score (nSPS) is 14.9. The maximum absolute atomic E-state index is 11.8. The number of rotatable bonds is 4. The van der Waals surface area contributed by atoms with Crippen LogP contribution < -0.4 is 10.2 Å². The molecule has 0 saturated carbocycles. The molecule has 1 aromatic heterocycles. The average molecular weight is 256 g/mol. The van der Waals surface area contributed by atoms with Crippen LogP contribution in [0.15, 0.2) is 36.5 Å². The molecule has 3 rings (SSSR count). The van der Waals surface area contributed by atoms with Gasteiger partial charge >= 0.3 is 0 Å². The number of benzene rings is 1. The van der Waals surface area contributed by atoms with Gasteiger partial charge in [0.1, 0.15) is 0 Å². The third-order valence-corrected chi connectivity index (χ3v) is 3.30. The second-order valence-electron chi connectivity index (χ2n) is 4.60. The lowest BCUT2D eigenvalue weighted by Gasteiger charge is -2.20. The first-order valence-corrected chi connectivity index (χ1v) is 6.46. The maximum atomic E-state index is 11.8. The lowest BCUT2D eigenvalue weighted by molar-refractivity contribution is -0.117. The molecule has 1 aliphatic rings. The number of carbonyl (C=O) groups is 1. The van der Waals surface area contributed by atoms with Gasteiger partial charge in [0, 0.05) is 19.2 Å². The van der Waals surface area contributed by atoms with Crippen molar-refractivity contribution in [3.8, 4) is 0 Å². The largest absolute Gasteiger partial charge is 0.378 e. The number of nitrogens with zero attached hydrogens (tertiary/aromatic N) is 2. The second kappa shape index (κ2) is 5.14. The molecule has 2 aromatic rings. The summed E-state index contributed by atoms with van der Waals surface area (Å²) in [6.07, 6.45) is 3.31. The summed E-state index contributed by atoms with van der Waals surface area (Å²) in [5, 5.41) is 10.2. The molecule has 0 unspecified atom stereocenters. The Balaban J connectivity index is 1.79. The lowest BCUT2D eigenvalue weighted by Crippen LogP contribution is -2.24. The van der Waals surface area contributed by atoms with Gasteiger partial charge in [-0.25, -0.2) is 0 Å². The van der Waals surface area contributed by atoms with E-state index >= 15 is 0 Å². The zero-order chi connectivity index (χ0) is 13.1. The summed E-state index contributed by atoms with van der Waals surface area (Å²) in [5.41, 5.74) is 2.96. The van der Waals surface area contributed by atoms with E-state index in [-0.39, 0.29) is 5.91 Å². The van der Waals surface area contributed by atoms with E-state index in [1.165, 1.54) is 0 Å². The summed E-state index contributed by atoms with van der Waals surface area (Å²) in [7, 11) is 0. The number of para-hydroxylation sites is 2. The zero-order valence-corrected chi connectivity index (χ0v) is 10.6. The zero-order valence-electron chi connectivity index (χ0n) is 10.6. The molecule has 1 saturated heterocycles. The molecule has 0 atom stereocenters. The van der Waals surface area contributed by atoms with Gasteiger partial charge in [-0.3, -0.25) is 9.89 Å². The predicted octanol–water partition coefficient (Wildman–Crippen LogP) is 2.15. The minimum Gasteiger partial charge on any atom is -0.378 e. The van der Waals surface area contributed by atoms with E-state index in [2.05, 4.69) is 15.5 Å². The van der Waals surface area contributed by atoms with Crippen molar-refractivity contribution in [2.45, 2.75) is 19.4 Å². The van der Waals surface area contributed by atoms with E-state index in [9.17, 15) is 4.79 Å². The highest BCUT2D eigenvalue weighted by atomic mass is 16.2. The van der Waals surface area contributed by atoms with E-state index in [4.69, 9.17) is 0 Å². The molecule has 1 fully saturated rings. The molecule has 5 heteroatoms. The van der Waals surface area contributed by atoms with Crippen molar-refractivity contribution in [3.63, 3.8) is 0 Å². The number of carbonyl (C=O) groups excluding carboxylic acids is 1. The van der Waals surface area contributed by atoms with E-state index in [0.29, 0.717) is 13.0 Å². The maximum Gasteiger partial charge on any atom is 0.227 e. The van der Waals surface area contributed by atoms with Crippen LogP contribution >= 0.6 is 0 Å². The van der Waals surface area contributed by atoms with Crippen LogP contribution in [0, 0.1) is 0 Å². The molecule has 2 N–H and O–H groups in total. The van der Waals surface area contributed by atoms with E-state index in [0.717, 1.165) is 30.0 Å². The molecule has 1 aromatic carbocycles. The number of aromatic amines is 1. The van der Waals surface area contributed by atoms with Crippen molar-refractivity contribution in [2.75, 3.05) is 16.8 Å². The van der Waals surface area contributed by atoms with Crippen molar-refractivity contribution >= 4 is 17.3 Å². The van der Waals surface area contributed by atoms with Crippen molar-refractivity contribution < 1.29 is 4.79 Å². The minimum atomic E-state index is 0.204. The molecule has 0 aliphatic carbocycles. The number of anilines is 2. The second-order valence-corrected chi connectivity index (χ2v) is 4.60. The SMILES string of the molecule is O=C1CCCN1c1ccccc1NCc1ccn[nH]1. The number of nitrogens with one attached hydrogen (secondary N) is 2. The fourth-order valence-electron chi connectivity index (χ4n) is 2.33. The molecule has 0 radical (unpaired) electrons. The number of aromatic nitrogens is 2. The van der Waals surface area contributed by atoms with Crippen molar-refractivity contribution in [2.24, 2.45) is 0 Å². The third kappa shape index (κ3) is 2.45. The number of hydrogen-bond donors (Lipinski definition) is 2. The Labute approximate surface area is 111 Å². The van der Waals surface area contributed by atoms with Crippen LogP contribution in [0.4, 0.5) is 11.4 Å². The van der Waals surface area contributed by atoms with Gasteiger partial charge in [0.15, 0.2) is 0 Å². The van der Waals surface area contributed by atoms with E-state index in [1.54, 1.807) is 6.20 Å². The van der Waals surface area contributed by atoms with Crippen molar-refractivity contribution in [1.82, 2.24) is 10.2 Å². The van der Waals surface area contributed by atoms with Gasteiger partial charge in [-0.1, -0.05) is 12.1 Å². The fraction of sp³-hybridized carbons (Fsp3) is 0.286. The molecular formula is C14H16N4O. The highest BCUT2D eigenvalue weighted by molar-refractivity contribution is 5.98. The number of H-pyrrole nitrogens is 1. The monoisotopic (exact) mass is 256 g/mol. The van der Waals surface area contributed by atoms with Gasteiger partial charge in [-0.15, -0.1) is 0 Å². The fourth-order valence-corrected chi connectivity index (χ4v) is 2.33. The minimum absolute atomic E-state index is 0.204. The molecule has 5 nitrogen and oxygen atoms in total. The van der Waals surface area contributed by atoms with Gasteiger partial charge in [0.25, 0.3) is 0 Å². The number of amides is 1. The Kier molecular flexibility index (Phi) is 3.18. The molecule has 1 aliphatic heterocycles. The summed E-state index contributed by atoms with van der Waals surface area (Å²) in [5.74, 6) is 0.204. The average Bonchev–Trinajstić information content (AvgIpc) is 3.08. The van der Waals surface area contributed by atoms with Gasteiger partial charge in [-0.05, 0) is 24.6 Å². The van der Waals surface area contributed by atoms with Crippen LogP contribution in [-0.4, -0.2) is 22.6 Å². The van der Waals surface area contributed by atoms with E-state index in [1.807, 2.05) is 35.2 Å². The highest BCUT2D eigenvalue weighted by Gasteiger charge is 2.23. The topological polar surface area (TPSA) is 61.0 Å². The Bertz CT molecular complexity index is 565. The molecule has 0 bridgehead atoms. The first-order chi connectivity index (χ1) is 9.34. The van der Waals surface area contributed by atoms with Gasteiger partial charge in [-0.2, -0.15) is 5.10 Å². The van der Waals surface area contributed by atoms with Crippen LogP contribution in [0.25, 0.3) is 0 Å². The summed E-state index contributed by atoms with van der Waals surface area (Å²) < 4.78 is 0. The molecule has 1 amide bonds. The first-order valence-electron chi connectivity index (χ1n) is 6.46. The standard InChI is InChI=1S/C14H16N4O/c19-14-6-3-9-18(14)13-5-2-1-4-12(13)15-10-11-7-8-16-17-11/h1-2,4-5,7-8,15H,3,6,9-10H2,(H,16,17). The molecule has 98 valence electrons. The summed E-state index contributed by atoms with van der Waals surface area (Å²) >= 11 is 0. The predicted molar refractivity (Wildman–Crippen MR) is 73.9 cm³/mol. The third-order valence-electron chi connectivity index (χ3n) is 3.30. The quantitative estimate of drug-likeness (QED) is 0.881. The smallest absolute Gasteiger partial charge is 0.227 e. The molecular weight excluding hydrogens is 240 g/mol. The van der Waals surface area contributed by atoms with Gasteiger partial charge in [0.2, 0.25) is 5.91 Å². The van der Waals surface area contributed by atoms with E-state index < -0.39 is 0 Å². The Morgan fingerprint density at radius 3 is 2.95 bits per heavy atom. The van der Waals surface area contributed by atoms with Crippen LogP contribution in [0.2, 0.25) is 0 Å². The summed E-state index contributed by atoms with van der Waals surface area (Å²) in [6.45, 7) is 1.47. The van der Waals surface area contributed by atoms with Crippen LogP contribution in [0.3, 0.4) is 0 Å². The Morgan fingerprint density at radius 2 is 2.21 bits per heavy atom. The highest BCUT2D eigenvalue weighted by Crippen LogP contribution is 2.29. The molecule has 2 heterocycles. The van der Waals surface area contributed by atoms with Crippen LogP contribution in [0.1, 0.15) is 18.5 Å². The lowest BCUT2D eigenvalue weighted by atomic mass is 10.2. The van der Waals surface area contributed by atoms with Gasteiger partial charge in [0.05, 0.1) is 23.6 Å². The Morgan fingerprint density at radius 1 is 1.32 bits per heavy atom.